The Labute approximate surface area is 123 Å². The minimum absolute atomic E-state index is 0.0786. The highest BCUT2D eigenvalue weighted by Crippen LogP contribution is 2.21. The van der Waals surface area contributed by atoms with Gasteiger partial charge in [0, 0.05) is 25.2 Å². The molecule has 0 radical (unpaired) electrons. The van der Waals surface area contributed by atoms with Gasteiger partial charge >= 0.3 is 0 Å². The summed E-state index contributed by atoms with van der Waals surface area (Å²) in [5.41, 5.74) is -0.279. The lowest BCUT2D eigenvalue weighted by Crippen LogP contribution is -2.45. The topological polar surface area (TPSA) is 61.4 Å². The monoisotopic (exact) mass is 319 g/mol. The number of halogens is 2. The molecule has 0 atom stereocenters. The largest absolute Gasteiger partial charge is 0.315 e. The maximum Gasteiger partial charge on any atom is 0.256 e. The molecule has 1 fully saturated rings. The van der Waals surface area contributed by atoms with Gasteiger partial charge in [-0.25, -0.2) is 22.2 Å². The highest BCUT2D eigenvalue weighted by molar-refractivity contribution is 7.89. The van der Waals surface area contributed by atoms with Gasteiger partial charge in [0.05, 0.1) is 0 Å². The molecule has 118 valence electrons. The lowest BCUT2D eigenvalue weighted by Gasteiger charge is -2.26. The smallest absolute Gasteiger partial charge is 0.256 e. The van der Waals surface area contributed by atoms with Crippen LogP contribution in [0, 0.1) is 11.6 Å². The molecule has 0 unspecified atom stereocenters. The molecule has 0 spiro atoms. The molecule has 1 heterocycles. The molecular formula is C13H19F2N3O2S. The van der Waals surface area contributed by atoms with Crippen LogP contribution >= 0.6 is 0 Å². The maximum atomic E-state index is 14.3. The standard InChI is InChI=1S/C13H19F2N3O2S/c1-16-9-10-11(14)5-6-12(13(10)15)21(19,20)17-18-7-3-2-4-8-18/h5-6,16-17H,2-4,7-9H2,1H3. The zero-order chi connectivity index (χ0) is 15.5. The summed E-state index contributed by atoms with van der Waals surface area (Å²) in [5.74, 6) is -1.81. The van der Waals surface area contributed by atoms with E-state index in [0.29, 0.717) is 13.1 Å². The number of hydrogen-bond donors (Lipinski definition) is 2. The summed E-state index contributed by atoms with van der Waals surface area (Å²) in [5, 5.41) is 4.17. The van der Waals surface area contributed by atoms with Crippen molar-refractivity contribution in [2.75, 3.05) is 20.1 Å². The van der Waals surface area contributed by atoms with Gasteiger partial charge in [0.15, 0.2) is 5.82 Å². The van der Waals surface area contributed by atoms with E-state index < -0.39 is 26.6 Å². The van der Waals surface area contributed by atoms with Crippen LogP contribution in [0.3, 0.4) is 0 Å². The molecule has 21 heavy (non-hydrogen) atoms. The van der Waals surface area contributed by atoms with Crippen molar-refractivity contribution in [3.63, 3.8) is 0 Å². The van der Waals surface area contributed by atoms with Crippen molar-refractivity contribution in [2.45, 2.75) is 30.7 Å². The molecule has 2 N–H and O–H groups in total. The maximum absolute atomic E-state index is 14.3. The molecule has 1 aliphatic rings. The predicted octanol–water partition coefficient (Wildman–Crippen LogP) is 1.36. The lowest BCUT2D eigenvalue weighted by atomic mass is 10.2. The van der Waals surface area contributed by atoms with Crippen molar-refractivity contribution in [2.24, 2.45) is 0 Å². The summed E-state index contributed by atoms with van der Waals surface area (Å²) in [6.45, 7) is 1.10. The van der Waals surface area contributed by atoms with Gasteiger partial charge in [-0.15, -0.1) is 4.83 Å². The van der Waals surface area contributed by atoms with Crippen LogP contribution < -0.4 is 10.1 Å². The summed E-state index contributed by atoms with van der Waals surface area (Å²) in [4.78, 5) is 1.84. The van der Waals surface area contributed by atoms with Crippen molar-refractivity contribution in [3.8, 4) is 0 Å². The first kappa shape index (κ1) is 16.3. The van der Waals surface area contributed by atoms with Gasteiger partial charge in [-0.1, -0.05) is 6.42 Å². The summed E-state index contributed by atoms with van der Waals surface area (Å²) in [6.07, 6.45) is 2.83. The lowest BCUT2D eigenvalue weighted by molar-refractivity contribution is 0.199. The van der Waals surface area contributed by atoms with Crippen molar-refractivity contribution in [3.05, 3.63) is 29.3 Å². The van der Waals surface area contributed by atoms with E-state index in [1.807, 2.05) is 0 Å². The van der Waals surface area contributed by atoms with E-state index in [9.17, 15) is 17.2 Å². The third-order valence-corrected chi connectivity index (χ3v) is 4.79. The average Bonchev–Trinajstić information content (AvgIpc) is 2.43. The third kappa shape index (κ3) is 3.76. The molecule has 8 heteroatoms. The number of nitrogens with one attached hydrogen (secondary N) is 2. The Morgan fingerprint density at radius 3 is 2.48 bits per heavy atom. The second kappa shape index (κ2) is 6.78. The van der Waals surface area contributed by atoms with Crippen molar-refractivity contribution in [1.29, 1.82) is 0 Å². The molecule has 0 aliphatic carbocycles. The number of piperidine rings is 1. The fourth-order valence-electron chi connectivity index (χ4n) is 2.33. The first-order valence-corrected chi connectivity index (χ1v) is 8.33. The third-order valence-electron chi connectivity index (χ3n) is 3.40. The van der Waals surface area contributed by atoms with Crippen LogP contribution in [-0.2, 0) is 16.6 Å². The molecule has 1 aromatic rings. The Bertz CT molecular complexity index is 602. The average molecular weight is 319 g/mol. The number of nitrogens with zero attached hydrogens (tertiary/aromatic N) is 1. The van der Waals surface area contributed by atoms with Gasteiger partial charge in [-0.3, -0.25) is 0 Å². The minimum atomic E-state index is -4.04. The second-order valence-corrected chi connectivity index (χ2v) is 6.64. The van der Waals surface area contributed by atoms with E-state index in [2.05, 4.69) is 10.1 Å². The van der Waals surface area contributed by atoms with Crippen LogP contribution in [0.4, 0.5) is 8.78 Å². The molecule has 0 amide bonds. The van der Waals surface area contributed by atoms with Crippen LogP contribution in [0.1, 0.15) is 24.8 Å². The van der Waals surface area contributed by atoms with E-state index in [0.717, 1.165) is 31.4 Å². The van der Waals surface area contributed by atoms with Crippen LogP contribution in [0.25, 0.3) is 0 Å². The zero-order valence-corrected chi connectivity index (χ0v) is 12.6. The van der Waals surface area contributed by atoms with Crippen LogP contribution in [-0.4, -0.2) is 33.6 Å². The molecule has 5 nitrogen and oxygen atoms in total. The van der Waals surface area contributed by atoms with E-state index in [-0.39, 0.29) is 12.1 Å². The molecule has 0 bridgehead atoms. The van der Waals surface area contributed by atoms with Gasteiger partial charge in [-0.05, 0) is 32.0 Å². The number of benzene rings is 1. The summed E-state index contributed by atoms with van der Waals surface area (Å²) >= 11 is 0. The fourth-order valence-corrected chi connectivity index (χ4v) is 3.55. The van der Waals surface area contributed by atoms with Gasteiger partial charge in [0.2, 0.25) is 0 Å². The second-order valence-electron chi connectivity index (χ2n) is 5.01. The summed E-state index contributed by atoms with van der Waals surface area (Å²) < 4.78 is 52.3. The van der Waals surface area contributed by atoms with Gasteiger partial charge in [0.25, 0.3) is 10.0 Å². The van der Waals surface area contributed by atoms with Crippen LogP contribution in [0.5, 0.6) is 0 Å². The van der Waals surface area contributed by atoms with Crippen LogP contribution in [0.15, 0.2) is 17.0 Å². The van der Waals surface area contributed by atoms with E-state index in [4.69, 9.17) is 0 Å². The Balaban J connectivity index is 2.29. The Kier molecular flexibility index (Phi) is 5.26. The quantitative estimate of drug-likeness (QED) is 0.860. The highest BCUT2D eigenvalue weighted by atomic mass is 32.2. The van der Waals surface area contributed by atoms with Crippen LogP contribution in [0.2, 0.25) is 0 Å². The fraction of sp³-hybridized carbons (Fsp3) is 0.538. The van der Waals surface area contributed by atoms with E-state index in [1.54, 1.807) is 5.01 Å². The van der Waals surface area contributed by atoms with Crippen molar-refractivity contribution in [1.82, 2.24) is 15.2 Å². The van der Waals surface area contributed by atoms with Gasteiger partial charge in [0.1, 0.15) is 10.7 Å². The zero-order valence-electron chi connectivity index (χ0n) is 11.8. The number of rotatable bonds is 5. The van der Waals surface area contributed by atoms with Gasteiger partial charge < -0.3 is 5.32 Å². The van der Waals surface area contributed by atoms with Crippen molar-refractivity contribution < 1.29 is 17.2 Å². The molecule has 1 saturated heterocycles. The number of hydrogen-bond acceptors (Lipinski definition) is 4. The SMILES string of the molecule is CNCc1c(F)ccc(S(=O)(=O)NN2CCCCC2)c1F. The molecule has 0 aromatic heterocycles. The molecular weight excluding hydrogens is 300 g/mol. The molecule has 2 rings (SSSR count). The van der Waals surface area contributed by atoms with E-state index >= 15 is 0 Å². The molecule has 0 saturated carbocycles. The Hall–Kier alpha value is -1.09. The normalized spacial score (nSPS) is 17.1. The summed E-state index contributed by atoms with van der Waals surface area (Å²) in [7, 11) is -2.51. The Morgan fingerprint density at radius 2 is 1.86 bits per heavy atom. The first-order chi connectivity index (χ1) is 9.95. The number of sulfonamides is 1. The van der Waals surface area contributed by atoms with E-state index in [1.165, 1.54) is 7.05 Å². The molecule has 1 aromatic carbocycles. The van der Waals surface area contributed by atoms with Gasteiger partial charge in [-0.2, -0.15) is 0 Å². The summed E-state index contributed by atoms with van der Waals surface area (Å²) in [6, 6.07) is 1.93. The minimum Gasteiger partial charge on any atom is -0.315 e. The highest BCUT2D eigenvalue weighted by Gasteiger charge is 2.25. The molecule has 1 aliphatic heterocycles. The first-order valence-electron chi connectivity index (χ1n) is 6.84. The van der Waals surface area contributed by atoms with Crippen molar-refractivity contribution >= 4 is 10.0 Å². The predicted molar refractivity (Wildman–Crippen MR) is 74.9 cm³/mol. The number of hydrazine groups is 1. The Morgan fingerprint density at radius 1 is 1.19 bits per heavy atom.